The van der Waals surface area contributed by atoms with E-state index < -0.39 is 10.0 Å². The summed E-state index contributed by atoms with van der Waals surface area (Å²) < 4.78 is 35.3. The quantitative estimate of drug-likeness (QED) is 0.243. The van der Waals surface area contributed by atoms with Crippen LogP contribution in [0.5, 0.6) is 5.75 Å². The zero-order valence-corrected chi connectivity index (χ0v) is 26.8. The maximum absolute atomic E-state index is 13.6. The third-order valence-electron chi connectivity index (χ3n) is 8.23. The van der Waals surface area contributed by atoms with E-state index in [4.69, 9.17) is 4.74 Å². The van der Waals surface area contributed by atoms with Crippen molar-refractivity contribution in [3.8, 4) is 16.9 Å². The van der Waals surface area contributed by atoms with E-state index >= 15 is 0 Å². The Kier molecular flexibility index (Phi) is 10.2. The number of benzene rings is 4. The summed E-state index contributed by atoms with van der Waals surface area (Å²) in [5.41, 5.74) is 4.45. The molecule has 0 spiro atoms. The molecule has 236 valence electrons. The van der Waals surface area contributed by atoms with E-state index in [1.807, 2.05) is 25.1 Å². The molecule has 45 heavy (non-hydrogen) atoms. The van der Waals surface area contributed by atoms with Gasteiger partial charge in [0.25, 0.3) is 10.0 Å². The van der Waals surface area contributed by atoms with Gasteiger partial charge in [-0.2, -0.15) is 0 Å². The van der Waals surface area contributed by atoms with E-state index in [2.05, 4.69) is 60.0 Å². The van der Waals surface area contributed by atoms with Gasteiger partial charge >= 0.3 is 0 Å². The predicted octanol–water partition coefficient (Wildman–Crippen LogP) is 5.44. The van der Waals surface area contributed by atoms with Crippen molar-refractivity contribution < 1.29 is 23.1 Å². The number of amides is 1. The lowest BCUT2D eigenvalue weighted by atomic mass is 10.0. The molecule has 0 bridgehead atoms. The standard InChI is InChI=1S/C36H41N3O5S/c1-26-22-39(27(2)25-40)36(41)21-31-20-32(37-45(42,43)33-12-8-5-9-13-33)18-19-34(31)44-35(26)24-38(3)23-28-14-16-30(17-15-28)29-10-6-4-7-11-29/h4-20,26-27,35,37,40H,21-25H2,1-3H3/t26-,27-,35-/m0/s1. The molecule has 0 radical (unpaired) electrons. The van der Waals surface area contributed by atoms with Crippen LogP contribution in [0.4, 0.5) is 5.69 Å². The molecule has 0 fully saturated rings. The fraction of sp³-hybridized carbons (Fsp3) is 0.306. The number of hydrogen-bond acceptors (Lipinski definition) is 6. The summed E-state index contributed by atoms with van der Waals surface area (Å²) in [7, 11) is -1.76. The predicted molar refractivity (Wildman–Crippen MR) is 177 cm³/mol. The average Bonchev–Trinajstić information content (AvgIpc) is 3.09. The molecule has 1 heterocycles. The molecule has 8 nitrogen and oxygen atoms in total. The molecule has 0 aliphatic carbocycles. The Morgan fingerprint density at radius 1 is 0.956 bits per heavy atom. The van der Waals surface area contributed by atoms with Crippen LogP contribution in [-0.4, -0.2) is 68.1 Å². The highest BCUT2D eigenvalue weighted by molar-refractivity contribution is 7.92. The Labute approximate surface area is 266 Å². The number of rotatable bonds is 10. The molecule has 4 aromatic carbocycles. The fourth-order valence-corrected chi connectivity index (χ4v) is 6.71. The highest BCUT2D eigenvalue weighted by Crippen LogP contribution is 2.30. The molecule has 3 atom stereocenters. The molecule has 0 saturated carbocycles. The molecule has 0 aromatic heterocycles. The molecule has 1 aliphatic heterocycles. The number of hydrogen-bond donors (Lipinski definition) is 2. The molecule has 5 rings (SSSR count). The number of nitrogens with one attached hydrogen (secondary N) is 1. The van der Waals surface area contributed by atoms with Gasteiger partial charge < -0.3 is 14.7 Å². The van der Waals surface area contributed by atoms with Crippen molar-refractivity contribution in [3.63, 3.8) is 0 Å². The van der Waals surface area contributed by atoms with Crippen molar-refractivity contribution >= 4 is 21.6 Å². The zero-order valence-electron chi connectivity index (χ0n) is 26.0. The maximum atomic E-state index is 13.6. The maximum Gasteiger partial charge on any atom is 0.261 e. The van der Waals surface area contributed by atoms with Crippen LogP contribution in [-0.2, 0) is 27.8 Å². The number of aliphatic hydroxyl groups excluding tert-OH is 1. The lowest BCUT2D eigenvalue weighted by molar-refractivity contribution is -0.134. The van der Waals surface area contributed by atoms with Gasteiger partial charge in [0.1, 0.15) is 11.9 Å². The van der Waals surface area contributed by atoms with Crippen LogP contribution in [0.1, 0.15) is 25.0 Å². The molecule has 4 aromatic rings. The highest BCUT2D eigenvalue weighted by Gasteiger charge is 2.31. The van der Waals surface area contributed by atoms with Crippen molar-refractivity contribution in [3.05, 3.63) is 114 Å². The fourth-order valence-electron chi connectivity index (χ4n) is 5.64. The highest BCUT2D eigenvalue weighted by atomic mass is 32.2. The number of fused-ring (bicyclic) bond motifs is 1. The minimum absolute atomic E-state index is 0.0175. The average molecular weight is 628 g/mol. The van der Waals surface area contributed by atoms with E-state index in [1.54, 1.807) is 41.3 Å². The Hall–Kier alpha value is -4.18. The zero-order chi connectivity index (χ0) is 32.0. The van der Waals surface area contributed by atoms with Gasteiger partial charge in [-0.25, -0.2) is 8.42 Å². The van der Waals surface area contributed by atoms with E-state index in [-0.39, 0.29) is 41.9 Å². The summed E-state index contributed by atoms with van der Waals surface area (Å²) in [6.45, 7) is 5.46. The number of nitrogens with zero attached hydrogens (tertiary/aromatic N) is 2. The van der Waals surface area contributed by atoms with Gasteiger partial charge in [-0.3, -0.25) is 14.4 Å². The van der Waals surface area contributed by atoms with Crippen molar-refractivity contribution in [2.24, 2.45) is 5.92 Å². The molecule has 1 amide bonds. The van der Waals surface area contributed by atoms with Gasteiger partial charge in [0.15, 0.2) is 0 Å². The Balaban J connectivity index is 1.37. The van der Waals surface area contributed by atoms with E-state index in [1.165, 1.54) is 28.8 Å². The molecular weight excluding hydrogens is 586 g/mol. The Morgan fingerprint density at radius 3 is 2.27 bits per heavy atom. The second kappa shape index (κ2) is 14.3. The van der Waals surface area contributed by atoms with Gasteiger partial charge in [-0.15, -0.1) is 0 Å². The topological polar surface area (TPSA) is 99.2 Å². The van der Waals surface area contributed by atoms with E-state index in [0.29, 0.717) is 36.6 Å². The summed E-state index contributed by atoms with van der Waals surface area (Å²) in [6, 6.07) is 31.7. The van der Waals surface area contributed by atoms with Crippen LogP contribution >= 0.6 is 0 Å². The van der Waals surface area contributed by atoms with Gasteiger partial charge in [0.2, 0.25) is 5.91 Å². The van der Waals surface area contributed by atoms with Crippen molar-refractivity contribution in [1.82, 2.24) is 9.80 Å². The first-order chi connectivity index (χ1) is 21.6. The summed E-state index contributed by atoms with van der Waals surface area (Å²) >= 11 is 0. The molecule has 2 N–H and O–H groups in total. The summed E-state index contributed by atoms with van der Waals surface area (Å²) in [4.78, 5) is 17.6. The number of carbonyl (C=O) groups excluding carboxylic acids is 1. The van der Waals surface area contributed by atoms with E-state index in [0.717, 1.165) is 0 Å². The van der Waals surface area contributed by atoms with Gasteiger partial charge in [-0.05, 0) is 61.0 Å². The largest absolute Gasteiger partial charge is 0.488 e. The normalized spacial score (nSPS) is 17.9. The lowest BCUT2D eigenvalue weighted by Crippen LogP contribution is -2.47. The molecule has 9 heteroatoms. The van der Waals surface area contributed by atoms with Crippen LogP contribution in [0.3, 0.4) is 0 Å². The molecule has 0 saturated heterocycles. The SMILES string of the molecule is C[C@H]1CN([C@@H](C)CO)C(=O)Cc2cc(NS(=O)(=O)c3ccccc3)ccc2O[C@H]1CN(C)Cc1ccc(-c2ccccc2)cc1. The van der Waals surface area contributed by atoms with Crippen LogP contribution in [0.25, 0.3) is 11.1 Å². The van der Waals surface area contributed by atoms with Crippen LogP contribution in [0.2, 0.25) is 0 Å². The van der Waals surface area contributed by atoms with Crippen molar-refractivity contribution in [1.29, 1.82) is 0 Å². The Bertz CT molecular complexity index is 1680. The molecule has 1 aliphatic rings. The number of anilines is 1. The van der Waals surface area contributed by atoms with Gasteiger partial charge in [0.05, 0.1) is 24.0 Å². The van der Waals surface area contributed by atoms with Gasteiger partial charge in [-0.1, -0.05) is 79.7 Å². The van der Waals surface area contributed by atoms with Crippen molar-refractivity contribution in [2.75, 3.05) is 31.5 Å². The first kappa shape index (κ1) is 32.2. The van der Waals surface area contributed by atoms with Crippen molar-refractivity contribution in [2.45, 2.75) is 43.9 Å². The minimum Gasteiger partial charge on any atom is -0.488 e. The first-order valence-electron chi connectivity index (χ1n) is 15.2. The van der Waals surface area contributed by atoms with Crippen LogP contribution in [0.15, 0.2) is 108 Å². The smallest absolute Gasteiger partial charge is 0.261 e. The number of ether oxygens (including phenoxy) is 1. The van der Waals surface area contributed by atoms with E-state index in [9.17, 15) is 18.3 Å². The monoisotopic (exact) mass is 627 g/mol. The third kappa shape index (κ3) is 8.11. The second-order valence-corrected chi connectivity index (χ2v) is 13.6. The van der Waals surface area contributed by atoms with Crippen LogP contribution < -0.4 is 9.46 Å². The van der Waals surface area contributed by atoms with Crippen LogP contribution in [0, 0.1) is 5.92 Å². The molecular formula is C36H41N3O5S. The minimum atomic E-state index is -3.81. The summed E-state index contributed by atoms with van der Waals surface area (Å²) in [5, 5.41) is 9.96. The summed E-state index contributed by atoms with van der Waals surface area (Å²) in [5.74, 6) is 0.346. The third-order valence-corrected chi connectivity index (χ3v) is 9.62. The second-order valence-electron chi connectivity index (χ2n) is 11.9. The van der Waals surface area contributed by atoms with Gasteiger partial charge in [0, 0.05) is 36.8 Å². The summed E-state index contributed by atoms with van der Waals surface area (Å²) in [6.07, 6.45) is -0.257. The number of sulfonamides is 1. The number of carbonyl (C=O) groups is 1. The molecule has 0 unspecified atom stereocenters. The first-order valence-corrected chi connectivity index (χ1v) is 16.7. The Morgan fingerprint density at radius 2 is 1.60 bits per heavy atom. The number of likely N-dealkylation sites (N-methyl/N-ethyl adjacent to an activating group) is 1. The lowest BCUT2D eigenvalue weighted by Gasteiger charge is -2.34. The number of aliphatic hydroxyl groups is 1.